The number of nitrogens with zero attached hydrogens (tertiary/aromatic N) is 3. The molecular weight excluding hydrogens is 278 g/mol. The van der Waals surface area contributed by atoms with Crippen LogP contribution in [0.1, 0.15) is 12.5 Å². The van der Waals surface area contributed by atoms with Gasteiger partial charge in [0.1, 0.15) is 0 Å². The molecule has 1 saturated carbocycles. The summed E-state index contributed by atoms with van der Waals surface area (Å²) < 4.78 is 1.67. The van der Waals surface area contributed by atoms with Crippen LogP contribution in [0.25, 0.3) is 11.2 Å². The van der Waals surface area contributed by atoms with Gasteiger partial charge >= 0.3 is 0 Å². The molecule has 21 heavy (non-hydrogen) atoms. The number of nitrogens with one attached hydrogen (secondary N) is 1. The zero-order chi connectivity index (χ0) is 14.4. The highest BCUT2D eigenvalue weighted by atomic mass is 16.3. The van der Waals surface area contributed by atoms with E-state index in [-0.39, 0.29) is 35.5 Å². The fourth-order valence-corrected chi connectivity index (χ4v) is 2.74. The Morgan fingerprint density at radius 2 is 2.29 bits per heavy atom. The summed E-state index contributed by atoms with van der Waals surface area (Å²) in [6.45, 7) is 3.76. The molecule has 1 fully saturated rings. The van der Waals surface area contributed by atoms with E-state index in [0.29, 0.717) is 17.6 Å². The van der Waals surface area contributed by atoms with E-state index in [1.807, 2.05) is 0 Å². The maximum atomic E-state index is 11.7. The lowest BCUT2D eigenvalue weighted by molar-refractivity contribution is 0.101. The monoisotopic (exact) mass is 295 g/mol. The summed E-state index contributed by atoms with van der Waals surface area (Å²) in [6.07, 6.45) is 1.20. The van der Waals surface area contributed by atoms with E-state index in [1.54, 1.807) is 4.57 Å². The van der Waals surface area contributed by atoms with Crippen molar-refractivity contribution in [1.82, 2.24) is 19.5 Å². The van der Waals surface area contributed by atoms with E-state index in [0.717, 1.165) is 0 Å². The lowest BCUT2D eigenvalue weighted by Gasteiger charge is -2.15. The fourth-order valence-electron chi connectivity index (χ4n) is 2.74. The SMILES string of the molecule is C=C1[C@H](CO)[C@H](O)C[C@@H]1n1cnc2c(=O)[nH]c(N)nc21.O. The molecular formula is C12H17N5O4. The van der Waals surface area contributed by atoms with Crippen molar-refractivity contribution in [2.75, 3.05) is 12.3 Å². The predicted octanol–water partition coefficient (Wildman–Crippen LogP) is -1.65. The average molecular weight is 295 g/mol. The topological polar surface area (TPSA) is 162 Å². The zero-order valence-electron chi connectivity index (χ0n) is 11.2. The van der Waals surface area contributed by atoms with E-state index >= 15 is 0 Å². The molecule has 0 aromatic carbocycles. The van der Waals surface area contributed by atoms with Crippen LogP contribution in [0, 0.1) is 5.92 Å². The van der Waals surface area contributed by atoms with Gasteiger partial charge in [-0.2, -0.15) is 4.98 Å². The minimum Gasteiger partial charge on any atom is -0.412 e. The molecule has 1 aliphatic rings. The molecule has 7 N–H and O–H groups in total. The van der Waals surface area contributed by atoms with Crippen molar-refractivity contribution in [3.63, 3.8) is 0 Å². The van der Waals surface area contributed by atoms with Crippen LogP contribution in [0.3, 0.4) is 0 Å². The largest absolute Gasteiger partial charge is 0.412 e. The molecule has 0 radical (unpaired) electrons. The number of nitrogen functional groups attached to an aromatic ring is 1. The molecule has 0 unspecified atom stereocenters. The highest BCUT2D eigenvalue weighted by Crippen LogP contribution is 2.39. The van der Waals surface area contributed by atoms with Crippen LogP contribution in [-0.4, -0.2) is 47.9 Å². The summed E-state index contributed by atoms with van der Waals surface area (Å²) in [7, 11) is 0. The summed E-state index contributed by atoms with van der Waals surface area (Å²) in [5.74, 6) is -0.371. The third-order valence-electron chi connectivity index (χ3n) is 3.82. The van der Waals surface area contributed by atoms with E-state index in [9.17, 15) is 15.0 Å². The van der Waals surface area contributed by atoms with Gasteiger partial charge in [0.2, 0.25) is 5.95 Å². The molecule has 0 amide bonds. The number of aromatic amines is 1. The van der Waals surface area contributed by atoms with E-state index in [2.05, 4.69) is 21.5 Å². The van der Waals surface area contributed by atoms with Crippen LogP contribution in [0.5, 0.6) is 0 Å². The summed E-state index contributed by atoms with van der Waals surface area (Å²) in [6, 6.07) is -0.263. The van der Waals surface area contributed by atoms with Crippen LogP contribution >= 0.6 is 0 Å². The van der Waals surface area contributed by atoms with Gasteiger partial charge in [-0.15, -0.1) is 0 Å². The molecule has 2 aromatic rings. The van der Waals surface area contributed by atoms with Crippen molar-refractivity contribution in [3.8, 4) is 0 Å². The Kier molecular flexibility index (Phi) is 3.81. The van der Waals surface area contributed by atoms with Gasteiger partial charge in [-0.1, -0.05) is 6.58 Å². The minimum absolute atomic E-state index is 0. The lowest BCUT2D eigenvalue weighted by Crippen LogP contribution is -2.17. The van der Waals surface area contributed by atoms with E-state index in [4.69, 9.17) is 5.73 Å². The number of H-pyrrole nitrogens is 1. The Bertz CT molecular complexity index is 737. The molecule has 0 spiro atoms. The molecule has 2 aromatic heterocycles. The molecule has 9 heteroatoms. The first kappa shape index (κ1) is 15.2. The second-order valence-corrected chi connectivity index (χ2v) is 4.96. The highest BCUT2D eigenvalue weighted by molar-refractivity contribution is 5.70. The Morgan fingerprint density at radius 1 is 1.57 bits per heavy atom. The Balaban J connectivity index is 0.00000161. The van der Waals surface area contributed by atoms with E-state index in [1.165, 1.54) is 6.33 Å². The third-order valence-corrected chi connectivity index (χ3v) is 3.82. The molecule has 3 rings (SSSR count). The molecule has 0 saturated heterocycles. The molecule has 1 aliphatic carbocycles. The maximum Gasteiger partial charge on any atom is 0.280 e. The molecule has 0 bridgehead atoms. The van der Waals surface area contributed by atoms with Crippen LogP contribution in [0.15, 0.2) is 23.3 Å². The van der Waals surface area contributed by atoms with Crippen molar-refractivity contribution in [3.05, 3.63) is 28.8 Å². The summed E-state index contributed by atoms with van der Waals surface area (Å²) >= 11 is 0. The number of aliphatic hydroxyl groups is 2. The van der Waals surface area contributed by atoms with E-state index < -0.39 is 11.7 Å². The van der Waals surface area contributed by atoms with Crippen LogP contribution in [-0.2, 0) is 0 Å². The first-order valence-corrected chi connectivity index (χ1v) is 6.23. The number of imidazole rings is 1. The number of rotatable bonds is 2. The van der Waals surface area contributed by atoms with Gasteiger partial charge in [0.05, 0.1) is 25.1 Å². The minimum atomic E-state index is -0.672. The van der Waals surface area contributed by atoms with Crippen LogP contribution in [0.2, 0.25) is 0 Å². The van der Waals surface area contributed by atoms with Crippen LogP contribution in [0.4, 0.5) is 5.95 Å². The maximum absolute atomic E-state index is 11.7. The summed E-state index contributed by atoms with van der Waals surface area (Å²) in [5, 5.41) is 19.2. The Hall–Kier alpha value is -2.23. The predicted molar refractivity (Wildman–Crippen MR) is 75.6 cm³/mol. The van der Waals surface area contributed by atoms with Gasteiger partial charge in [0, 0.05) is 5.92 Å². The van der Waals surface area contributed by atoms with Gasteiger partial charge < -0.3 is 26.0 Å². The first-order valence-electron chi connectivity index (χ1n) is 6.23. The third kappa shape index (κ3) is 2.20. The normalized spacial score (nSPS) is 25.2. The quantitative estimate of drug-likeness (QED) is 0.485. The lowest BCUT2D eigenvalue weighted by atomic mass is 10.0. The zero-order valence-corrected chi connectivity index (χ0v) is 11.2. The molecule has 9 nitrogen and oxygen atoms in total. The second-order valence-electron chi connectivity index (χ2n) is 4.96. The van der Waals surface area contributed by atoms with Gasteiger partial charge in [0.15, 0.2) is 11.2 Å². The van der Waals surface area contributed by atoms with Crippen molar-refractivity contribution in [2.45, 2.75) is 18.6 Å². The van der Waals surface area contributed by atoms with Gasteiger partial charge in [-0.25, -0.2) is 4.98 Å². The first-order chi connectivity index (χ1) is 9.52. The molecule has 2 heterocycles. The highest BCUT2D eigenvalue weighted by Gasteiger charge is 2.37. The number of hydrogen-bond acceptors (Lipinski definition) is 6. The number of fused-ring (bicyclic) bond motifs is 1. The van der Waals surface area contributed by atoms with Gasteiger partial charge in [0.25, 0.3) is 5.56 Å². The molecule has 114 valence electrons. The molecule has 3 atom stereocenters. The average Bonchev–Trinajstić information content (AvgIpc) is 2.91. The fraction of sp³-hybridized carbons (Fsp3) is 0.417. The number of aromatic nitrogens is 4. The summed E-state index contributed by atoms with van der Waals surface area (Å²) in [4.78, 5) is 22.2. The second kappa shape index (κ2) is 5.28. The smallest absolute Gasteiger partial charge is 0.280 e. The Morgan fingerprint density at radius 3 is 2.90 bits per heavy atom. The van der Waals surface area contributed by atoms with Crippen LogP contribution < -0.4 is 11.3 Å². The Labute approximate surface area is 119 Å². The number of anilines is 1. The van der Waals surface area contributed by atoms with Crippen molar-refractivity contribution < 1.29 is 15.7 Å². The van der Waals surface area contributed by atoms with Gasteiger partial charge in [-0.05, 0) is 12.0 Å². The number of nitrogens with two attached hydrogens (primary N) is 1. The van der Waals surface area contributed by atoms with Gasteiger partial charge in [-0.3, -0.25) is 9.78 Å². The summed E-state index contributed by atoms with van der Waals surface area (Å²) in [5.41, 5.74) is 6.37. The number of aliphatic hydroxyl groups excluding tert-OH is 2. The van der Waals surface area contributed by atoms with Crippen molar-refractivity contribution in [2.24, 2.45) is 5.92 Å². The van der Waals surface area contributed by atoms with Crippen molar-refractivity contribution >= 4 is 17.1 Å². The standard InChI is InChI=1S/C12H15N5O3.H2O/c1-5-6(3-18)8(19)2-7(5)17-4-14-9-10(17)15-12(13)16-11(9)20;/h4,6-8,18-19H,1-3H2,(H3,13,15,16,20);1H2/t6-,7-,8+;/m0./s1. The molecule has 0 aliphatic heterocycles. The van der Waals surface area contributed by atoms with Crippen molar-refractivity contribution in [1.29, 1.82) is 0 Å². The number of hydrogen-bond donors (Lipinski definition) is 4.